The number of nitrogens with one attached hydrogen (secondary N) is 1. The SMILES string of the molecule is O=C(NCc1cnc(Cl)c(F)c1)c1cccnc1. The molecule has 0 aliphatic rings. The Morgan fingerprint density at radius 1 is 1.44 bits per heavy atom. The minimum Gasteiger partial charge on any atom is -0.348 e. The van der Waals surface area contributed by atoms with Crippen molar-refractivity contribution < 1.29 is 9.18 Å². The summed E-state index contributed by atoms with van der Waals surface area (Å²) in [5.41, 5.74) is 0.981. The zero-order valence-corrected chi connectivity index (χ0v) is 9.99. The molecule has 92 valence electrons. The molecule has 0 saturated heterocycles. The summed E-state index contributed by atoms with van der Waals surface area (Å²) in [5.74, 6) is -0.886. The first-order valence-electron chi connectivity index (χ1n) is 5.15. The Morgan fingerprint density at radius 3 is 2.94 bits per heavy atom. The molecule has 18 heavy (non-hydrogen) atoms. The normalized spacial score (nSPS) is 10.1. The quantitative estimate of drug-likeness (QED) is 0.866. The van der Waals surface area contributed by atoms with Crippen LogP contribution in [0.2, 0.25) is 5.15 Å². The highest BCUT2D eigenvalue weighted by atomic mass is 35.5. The van der Waals surface area contributed by atoms with Crippen molar-refractivity contribution in [2.75, 3.05) is 0 Å². The lowest BCUT2D eigenvalue weighted by Gasteiger charge is -2.05. The first kappa shape index (κ1) is 12.4. The summed E-state index contributed by atoms with van der Waals surface area (Å²) in [6.07, 6.45) is 4.44. The highest BCUT2D eigenvalue weighted by Gasteiger charge is 2.06. The van der Waals surface area contributed by atoms with E-state index in [4.69, 9.17) is 11.6 Å². The number of aromatic nitrogens is 2. The third kappa shape index (κ3) is 3.01. The van der Waals surface area contributed by atoms with E-state index in [1.807, 2.05) is 0 Å². The van der Waals surface area contributed by atoms with Crippen molar-refractivity contribution in [3.05, 3.63) is 58.9 Å². The van der Waals surface area contributed by atoms with Crippen molar-refractivity contribution in [3.8, 4) is 0 Å². The fraction of sp³-hybridized carbons (Fsp3) is 0.0833. The summed E-state index contributed by atoms with van der Waals surface area (Å²) < 4.78 is 13.1. The standard InChI is InChI=1S/C12H9ClFN3O/c13-11-10(14)4-8(5-16-11)6-17-12(18)9-2-1-3-15-7-9/h1-5,7H,6H2,(H,17,18). The maximum atomic E-state index is 13.1. The van der Waals surface area contributed by atoms with Crippen molar-refractivity contribution in [2.24, 2.45) is 0 Å². The van der Waals surface area contributed by atoms with Gasteiger partial charge in [-0.1, -0.05) is 11.6 Å². The molecule has 6 heteroatoms. The van der Waals surface area contributed by atoms with Crippen LogP contribution in [0.1, 0.15) is 15.9 Å². The lowest BCUT2D eigenvalue weighted by Crippen LogP contribution is -2.23. The molecule has 0 saturated carbocycles. The third-order valence-corrected chi connectivity index (χ3v) is 2.51. The summed E-state index contributed by atoms with van der Waals surface area (Å²) in [6.45, 7) is 0.175. The highest BCUT2D eigenvalue weighted by molar-refractivity contribution is 6.29. The molecule has 2 aromatic heterocycles. The number of pyridine rings is 2. The Hall–Kier alpha value is -2.01. The van der Waals surface area contributed by atoms with Crippen LogP contribution in [-0.4, -0.2) is 15.9 Å². The molecule has 1 N–H and O–H groups in total. The number of hydrogen-bond acceptors (Lipinski definition) is 3. The lowest BCUT2D eigenvalue weighted by atomic mass is 10.2. The molecule has 2 heterocycles. The topological polar surface area (TPSA) is 54.9 Å². The van der Waals surface area contributed by atoms with Crippen molar-refractivity contribution in [1.82, 2.24) is 15.3 Å². The van der Waals surface area contributed by atoms with Crippen LogP contribution in [0.5, 0.6) is 0 Å². The number of halogens is 2. The molecule has 2 aromatic rings. The molecular formula is C12H9ClFN3O. The second kappa shape index (κ2) is 5.55. The Morgan fingerprint density at radius 2 is 2.28 bits per heavy atom. The van der Waals surface area contributed by atoms with Gasteiger partial charge in [0.15, 0.2) is 11.0 Å². The Bertz CT molecular complexity index is 563. The van der Waals surface area contributed by atoms with Crippen LogP contribution in [0, 0.1) is 5.82 Å². The minimum atomic E-state index is -0.607. The third-order valence-electron chi connectivity index (χ3n) is 2.23. The van der Waals surface area contributed by atoms with Crippen LogP contribution in [0.3, 0.4) is 0 Å². The van der Waals surface area contributed by atoms with Gasteiger partial charge in [-0.15, -0.1) is 0 Å². The van der Waals surface area contributed by atoms with E-state index in [1.54, 1.807) is 18.3 Å². The van der Waals surface area contributed by atoms with E-state index in [0.29, 0.717) is 11.1 Å². The van der Waals surface area contributed by atoms with E-state index >= 15 is 0 Å². The summed E-state index contributed by atoms with van der Waals surface area (Å²) in [6, 6.07) is 4.54. The largest absolute Gasteiger partial charge is 0.348 e. The van der Waals surface area contributed by atoms with Gasteiger partial charge in [0.05, 0.1) is 5.56 Å². The molecule has 0 radical (unpaired) electrons. The monoisotopic (exact) mass is 265 g/mol. The van der Waals surface area contributed by atoms with E-state index in [1.165, 1.54) is 18.5 Å². The number of carbonyl (C=O) groups is 1. The van der Waals surface area contributed by atoms with Crippen LogP contribution in [0.4, 0.5) is 4.39 Å². The molecule has 2 rings (SSSR count). The van der Waals surface area contributed by atoms with Crippen molar-refractivity contribution in [3.63, 3.8) is 0 Å². The molecule has 4 nitrogen and oxygen atoms in total. The average Bonchev–Trinajstić information content (AvgIpc) is 2.41. The Labute approximate surface area is 108 Å². The predicted octanol–water partition coefficient (Wildman–Crippen LogP) is 2.20. The van der Waals surface area contributed by atoms with Crippen LogP contribution in [0.25, 0.3) is 0 Å². The molecule has 0 aliphatic heterocycles. The first-order valence-corrected chi connectivity index (χ1v) is 5.53. The number of rotatable bonds is 3. The molecule has 0 fully saturated rings. The van der Waals surface area contributed by atoms with Crippen molar-refractivity contribution >= 4 is 17.5 Å². The molecular weight excluding hydrogens is 257 g/mol. The lowest BCUT2D eigenvalue weighted by molar-refractivity contribution is 0.0950. The zero-order chi connectivity index (χ0) is 13.0. The predicted molar refractivity (Wildman–Crippen MR) is 64.6 cm³/mol. The van der Waals surface area contributed by atoms with E-state index < -0.39 is 5.82 Å². The first-order chi connectivity index (χ1) is 8.66. The number of nitrogens with zero attached hydrogens (tertiary/aromatic N) is 2. The Kier molecular flexibility index (Phi) is 3.84. The van der Waals surface area contributed by atoms with Gasteiger partial charge in [-0.25, -0.2) is 9.37 Å². The van der Waals surface area contributed by atoms with Crippen LogP contribution in [-0.2, 0) is 6.54 Å². The smallest absolute Gasteiger partial charge is 0.253 e. The maximum absolute atomic E-state index is 13.1. The molecule has 0 bridgehead atoms. The van der Waals surface area contributed by atoms with Gasteiger partial charge in [-0.2, -0.15) is 0 Å². The van der Waals surface area contributed by atoms with Gasteiger partial charge in [0.25, 0.3) is 5.91 Å². The molecule has 0 aromatic carbocycles. The maximum Gasteiger partial charge on any atom is 0.253 e. The molecule has 0 spiro atoms. The van der Waals surface area contributed by atoms with Crippen LogP contribution < -0.4 is 5.32 Å². The van der Waals surface area contributed by atoms with E-state index in [0.717, 1.165) is 0 Å². The summed E-state index contributed by atoms with van der Waals surface area (Å²) in [5, 5.41) is 2.45. The highest BCUT2D eigenvalue weighted by Crippen LogP contribution is 2.11. The molecule has 0 atom stereocenters. The van der Waals surface area contributed by atoms with Gasteiger partial charge in [0, 0.05) is 25.1 Å². The van der Waals surface area contributed by atoms with Gasteiger partial charge < -0.3 is 5.32 Å². The number of carbonyl (C=O) groups excluding carboxylic acids is 1. The van der Waals surface area contributed by atoms with Gasteiger partial charge >= 0.3 is 0 Å². The van der Waals surface area contributed by atoms with Crippen molar-refractivity contribution in [2.45, 2.75) is 6.54 Å². The fourth-order valence-corrected chi connectivity index (χ4v) is 1.44. The van der Waals surface area contributed by atoms with Crippen molar-refractivity contribution in [1.29, 1.82) is 0 Å². The summed E-state index contributed by atoms with van der Waals surface area (Å²) >= 11 is 5.46. The van der Waals surface area contributed by atoms with E-state index in [-0.39, 0.29) is 17.6 Å². The second-order valence-corrected chi connectivity index (χ2v) is 3.90. The molecule has 0 unspecified atom stereocenters. The van der Waals surface area contributed by atoms with Gasteiger partial charge in [0.1, 0.15) is 0 Å². The second-order valence-electron chi connectivity index (χ2n) is 3.54. The van der Waals surface area contributed by atoms with Gasteiger partial charge in [-0.3, -0.25) is 9.78 Å². The van der Waals surface area contributed by atoms with Crippen LogP contribution >= 0.6 is 11.6 Å². The van der Waals surface area contributed by atoms with E-state index in [2.05, 4.69) is 15.3 Å². The Balaban J connectivity index is 1.99. The number of amides is 1. The van der Waals surface area contributed by atoms with E-state index in [9.17, 15) is 9.18 Å². The minimum absolute atomic E-state index is 0.175. The molecule has 1 amide bonds. The van der Waals surface area contributed by atoms with Gasteiger partial charge in [-0.05, 0) is 23.8 Å². The number of hydrogen-bond donors (Lipinski definition) is 1. The zero-order valence-electron chi connectivity index (χ0n) is 9.23. The fourth-order valence-electron chi connectivity index (χ4n) is 1.34. The van der Waals surface area contributed by atoms with Crippen LogP contribution in [0.15, 0.2) is 36.8 Å². The molecule has 0 aliphatic carbocycles. The van der Waals surface area contributed by atoms with Gasteiger partial charge in [0.2, 0.25) is 0 Å². The average molecular weight is 266 g/mol. The summed E-state index contributed by atoms with van der Waals surface area (Å²) in [7, 11) is 0. The summed E-state index contributed by atoms with van der Waals surface area (Å²) in [4.78, 5) is 19.2.